The van der Waals surface area contributed by atoms with Gasteiger partial charge in [0.05, 0.1) is 11.4 Å². The Bertz CT molecular complexity index is 846. The van der Waals surface area contributed by atoms with Gasteiger partial charge >= 0.3 is 0 Å². The maximum absolute atomic E-state index is 14.2. The molecule has 3 rings (SSSR count). The number of likely N-dealkylation sites (N-methyl/N-ethyl adjacent to an activating group) is 1. The smallest absolute Gasteiger partial charge is 0.225 e. The number of imidazole rings is 1. The number of halogens is 3. The Labute approximate surface area is 141 Å². The van der Waals surface area contributed by atoms with Crippen LogP contribution < -0.4 is 5.32 Å². The number of carbonyl (C=O) groups is 1. The van der Waals surface area contributed by atoms with E-state index in [1.54, 1.807) is 11.6 Å². The van der Waals surface area contributed by atoms with Crippen molar-refractivity contribution < 1.29 is 13.6 Å². The Morgan fingerprint density at radius 2 is 2.26 bits per heavy atom. The van der Waals surface area contributed by atoms with Gasteiger partial charge in [-0.05, 0) is 30.8 Å². The van der Waals surface area contributed by atoms with Crippen molar-refractivity contribution in [3.05, 3.63) is 50.5 Å². The van der Waals surface area contributed by atoms with Crippen LogP contribution in [0.15, 0.2) is 12.1 Å². The minimum absolute atomic E-state index is 0.0264. The van der Waals surface area contributed by atoms with Crippen LogP contribution >= 0.6 is 23.8 Å². The van der Waals surface area contributed by atoms with E-state index in [4.69, 9.17) is 23.8 Å². The third-order valence-corrected chi connectivity index (χ3v) is 4.74. The van der Waals surface area contributed by atoms with Crippen molar-refractivity contribution in [2.75, 3.05) is 7.05 Å². The SMILES string of the molecule is CNC(=O)Cc1[nH]c(=S)n2c1C[C@@H](c1c(F)ccc(Cl)c1F)C2. The number of amides is 1. The largest absolute Gasteiger partial charge is 0.359 e. The monoisotopic (exact) mass is 357 g/mol. The Hall–Kier alpha value is -1.73. The van der Waals surface area contributed by atoms with Crippen LogP contribution in [0.25, 0.3) is 0 Å². The molecular formula is C15H14ClF2N3OS. The van der Waals surface area contributed by atoms with Crippen molar-refractivity contribution in [2.24, 2.45) is 0 Å². The lowest BCUT2D eigenvalue weighted by Gasteiger charge is -2.13. The molecule has 2 N–H and O–H groups in total. The number of carbonyl (C=O) groups excluding carboxylic acids is 1. The summed E-state index contributed by atoms with van der Waals surface area (Å²) in [6.07, 6.45) is 0.545. The Balaban J connectivity index is 1.97. The molecule has 0 fully saturated rings. The summed E-state index contributed by atoms with van der Waals surface area (Å²) in [5, 5.41) is 2.44. The second-order valence-corrected chi connectivity index (χ2v) is 6.27. The minimum atomic E-state index is -0.731. The van der Waals surface area contributed by atoms with Gasteiger partial charge in [0.15, 0.2) is 4.77 Å². The van der Waals surface area contributed by atoms with Gasteiger partial charge in [-0.1, -0.05) is 11.6 Å². The Morgan fingerprint density at radius 1 is 1.52 bits per heavy atom. The Morgan fingerprint density at radius 3 is 2.96 bits per heavy atom. The van der Waals surface area contributed by atoms with E-state index in [-0.39, 0.29) is 22.9 Å². The Kier molecular flexibility index (Phi) is 4.25. The third-order valence-electron chi connectivity index (χ3n) is 4.12. The van der Waals surface area contributed by atoms with Crippen molar-refractivity contribution in [3.63, 3.8) is 0 Å². The zero-order chi connectivity index (χ0) is 16.7. The quantitative estimate of drug-likeness (QED) is 0.655. The van der Waals surface area contributed by atoms with Gasteiger partial charge in [-0.25, -0.2) is 8.78 Å². The highest BCUT2D eigenvalue weighted by Crippen LogP contribution is 2.36. The number of nitrogens with one attached hydrogen (secondary N) is 2. The van der Waals surface area contributed by atoms with Gasteiger partial charge in [0, 0.05) is 36.5 Å². The maximum Gasteiger partial charge on any atom is 0.225 e. The van der Waals surface area contributed by atoms with Crippen LogP contribution in [0.2, 0.25) is 5.02 Å². The van der Waals surface area contributed by atoms with Gasteiger partial charge in [-0.2, -0.15) is 0 Å². The number of benzene rings is 1. The molecule has 1 amide bonds. The van der Waals surface area contributed by atoms with Crippen molar-refractivity contribution in [1.29, 1.82) is 0 Å². The minimum Gasteiger partial charge on any atom is -0.359 e. The molecule has 122 valence electrons. The fraction of sp³-hybridized carbons (Fsp3) is 0.333. The predicted octanol–water partition coefficient (Wildman–Crippen LogP) is 3.11. The van der Waals surface area contributed by atoms with E-state index < -0.39 is 17.6 Å². The van der Waals surface area contributed by atoms with E-state index in [0.717, 1.165) is 5.69 Å². The lowest BCUT2D eigenvalue weighted by atomic mass is 9.95. The van der Waals surface area contributed by atoms with Crippen LogP contribution in [0.1, 0.15) is 22.9 Å². The summed E-state index contributed by atoms with van der Waals surface area (Å²) in [5.74, 6) is -1.91. The molecule has 2 aromatic rings. The van der Waals surface area contributed by atoms with Gasteiger partial charge in [-0.3, -0.25) is 4.79 Å². The summed E-state index contributed by atoms with van der Waals surface area (Å²) in [6.45, 7) is 0.354. The van der Waals surface area contributed by atoms with Gasteiger partial charge in [-0.15, -0.1) is 0 Å². The summed E-state index contributed by atoms with van der Waals surface area (Å²) in [4.78, 5) is 14.6. The van der Waals surface area contributed by atoms with Crippen LogP contribution in [0.5, 0.6) is 0 Å². The molecule has 1 aliphatic rings. The zero-order valence-corrected chi connectivity index (χ0v) is 13.8. The summed E-state index contributed by atoms with van der Waals surface area (Å²) >= 11 is 11.0. The highest BCUT2D eigenvalue weighted by molar-refractivity contribution is 7.71. The van der Waals surface area contributed by atoms with Gasteiger partial charge < -0.3 is 14.9 Å². The summed E-state index contributed by atoms with van der Waals surface area (Å²) in [7, 11) is 1.55. The fourth-order valence-electron chi connectivity index (χ4n) is 3.00. The highest BCUT2D eigenvalue weighted by atomic mass is 35.5. The standard InChI is InChI=1S/C15H14ClF2N3OS/c1-19-12(22)5-10-11-4-7(6-21(11)15(23)20-10)13-9(17)3-2-8(16)14(13)18/h2-3,7H,4-6H2,1H3,(H,19,22)(H,20,23)/t7-/m1/s1. The van der Waals surface area contributed by atoms with Crippen molar-refractivity contribution in [3.8, 4) is 0 Å². The molecule has 1 aromatic heterocycles. The zero-order valence-electron chi connectivity index (χ0n) is 12.3. The molecule has 2 heterocycles. The van der Waals surface area contributed by atoms with E-state index in [2.05, 4.69) is 10.3 Å². The lowest BCUT2D eigenvalue weighted by Crippen LogP contribution is -2.20. The van der Waals surface area contributed by atoms with Crippen molar-refractivity contribution in [1.82, 2.24) is 14.9 Å². The second-order valence-electron chi connectivity index (χ2n) is 5.47. The van der Waals surface area contributed by atoms with Crippen LogP contribution in [0.3, 0.4) is 0 Å². The number of fused-ring (bicyclic) bond motifs is 1. The van der Waals surface area contributed by atoms with E-state index in [0.29, 0.717) is 23.4 Å². The first-order valence-corrected chi connectivity index (χ1v) is 7.85. The highest BCUT2D eigenvalue weighted by Gasteiger charge is 2.31. The number of H-pyrrole nitrogens is 1. The lowest BCUT2D eigenvalue weighted by molar-refractivity contribution is -0.120. The topological polar surface area (TPSA) is 49.8 Å². The first kappa shape index (κ1) is 16.1. The van der Waals surface area contributed by atoms with Gasteiger partial charge in [0.1, 0.15) is 11.6 Å². The number of rotatable bonds is 3. The van der Waals surface area contributed by atoms with Crippen LogP contribution in [-0.4, -0.2) is 22.5 Å². The van der Waals surface area contributed by atoms with E-state index in [1.807, 2.05) is 0 Å². The first-order valence-electron chi connectivity index (χ1n) is 7.07. The van der Waals surface area contributed by atoms with E-state index in [9.17, 15) is 13.6 Å². The molecule has 23 heavy (non-hydrogen) atoms. The normalized spacial score (nSPS) is 16.4. The molecule has 0 saturated carbocycles. The molecule has 0 radical (unpaired) electrons. The number of aromatic amines is 1. The average Bonchev–Trinajstić information content (AvgIpc) is 3.05. The van der Waals surface area contributed by atoms with Crippen LogP contribution in [-0.2, 0) is 24.2 Å². The first-order chi connectivity index (χ1) is 10.9. The van der Waals surface area contributed by atoms with Crippen molar-refractivity contribution >= 4 is 29.7 Å². The molecule has 1 atom stereocenters. The molecule has 4 nitrogen and oxygen atoms in total. The predicted molar refractivity (Wildman–Crippen MR) is 85.2 cm³/mol. The maximum atomic E-state index is 14.2. The van der Waals surface area contributed by atoms with Crippen molar-refractivity contribution in [2.45, 2.75) is 25.3 Å². The number of hydrogen-bond donors (Lipinski definition) is 2. The molecule has 1 aromatic carbocycles. The molecule has 0 saturated heterocycles. The van der Waals surface area contributed by atoms with Crippen LogP contribution in [0, 0.1) is 16.4 Å². The van der Waals surface area contributed by atoms with E-state index >= 15 is 0 Å². The molecule has 0 bridgehead atoms. The van der Waals surface area contributed by atoms with Gasteiger partial charge in [0.2, 0.25) is 5.91 Å². The third kappa shape index (κ3) is 2.79. The molecule has 0 unspecified atom stereocenters. The second kappa shape index (κ2) is 6.05. The number of aromatic nitrogens is 2. The molecule has 0 spiro atoms. The molecule has 8 heteroatoms. The summed E-state index contributed by atoms with van der Waals surface area (Å²) in [6, 6.07) is 2.37. The number of hydrogen-bond acceptors (Lipinski definition) is 2. The van der Waals surface area contributed by atoms with E-state index in [1.165, 1.54) is 12.1 Å². The average molecular weight is 358 g/mol. The molecule has 1 aliphatic heterocycles. The molecule has 0 aliphatic carbocycles. The van der Waals surface area contributed by atoms with Gasteiger partial charge in [0.25, 0.3) is 0 Å². The summed E-state index contributed by atoms with van der Waals surface area (Å²) in [5.41, 5.74) is 1.46. The number of nitrogens with zero attached hydrogens (tertiary/aromatic N) is 1. The van der Waals surface area contributed by atoms with Crippen LogP contribution in [0.4, 0.5) is 8.78 Å². The summed E-state index contributed by atoms with van der Waals surface area (Å²) < 4.78 is 30.5. The molecular weight excluding hydrogens is 344 g/mol. The fourth-order valence-corrected chi connectivity index (χ4v) is 3.48.